The van der Waals surface area contributed by atoms with Crippen LogP contribution in [0.1, 0.15) is 79.6 Å². The molecule has 0 aromatic heterocycles. The standard InChI is InChI=1S/C20H34O3/c1-14(17(21)22)8-6-11-18(3)15(2)10-13-19(4)16(18)9-7-12-20(19,5)23/h8,15-16,23H,6-7,9-13H2,1-5H3,(H,21,22). The molecular formula is C20H34O3. The molecule has 2 aliphatic carbocycles. The molecule has 0 spiro atoms. The maximum Gasteiger partial charge on any atom is 0.330 e. The molecule has 2 rings (SSSR count). The van der Waals surface area contributed by atoms with E-state index in [1.54, 1.807) is 6.92 Å². The van der Waals surface area contributed by atoms with Crippen molar-refractivity contribution < 1.29 is 15.0 Å². The Labute approximate surface area is 141 Å². The molecule has 2 N–H and O–H groups in total. The number of hydrogen-bond donors (Lipinski definition) is 2. The molecule has 0 aromatic carbocycles. The van der Waals surface area contributed by atoms with E-state index in [1.807, 2.05) is 13.0 Å². The van der Waals surface area contributed by atoms with E-state index >= 15 is 0 Å². The molecule has 0 amide bonds. The third-order valence-electron chi connectivity index (χ3n) is 7.65. The zero-order chi connectivity index (χ0) is 17.5. The Balaban J connectivity index is 2.24. The van der Waals surface area contributed by atoms with Crippen molar-refractivity contribution in [1.29, 1.82) is 0 Å². The fourth-order valence-electron chi connectivity index (χ4n) is 5.43. The van der Waals surface area contributed by atoms with E-state index in [1.165, 1.54) is 6.42 Å². The molecule has 5 unspecified atom stereocenters. The van der Waals surface area contributed by atoms with E-state index < -0.39 is 11.6 Å². The lowest BCUT2D eigenvalue weighted by atomic mass is 9.43. The van der Waals surface area contributed by atoms with Crippen LogP contribution in [0.5, 0.6) is 0 Å². The fraction of sp³-hybridized carbons (Fsp3) is 0.850. The summed E-state index contributed by atoms with van der Waals surface area (Å²) in [7, 11) is 0. The predicted octanol–water partition coefficient (Wildman–Crippen LogP) is 4.79. The van der Waals surface area contributed by atoms with Crippen molar-refractivity contribution in [3.63, 3.8) is 0 Å². The summed E-state index contributed by atoms with van der Waals surface area (Å²) in [6.07, 6.45) is 9.14. The average molecular weight is 322 g/mol. The highest BCUT2D eigenvalue weighted by Gasteiger charge is 2.59. The van der Waals surface area contributed by atoms with Crippen LogP contribution in [0.25, 0.3) is 0 Å². The molecule has 0 aromatic rings. The molecule has 0 bridgehead atoms. The Morgan fingerprint density at radius 1 is 1.22 bits per heavy atom. The van der Waals surface area contributed by atoms with Gasteiger partial charge in [-0.15, -0.1) is 0 Å². The molecule has 2 fully saturated rings. The number of carboxylic acids is 1. The Morgan fingerprint density at radius 3 is 2.48 bits per heavy atom. The SMILES string of the molecule is CC(=CCCC1(C)C(C)CCC2(C)C1CCCC2(C)O)C(=O)O. The molecule has 0 heterocycles. The summed E-state index contributed by atoms with van der Waals surface area (Å²) in [4.78, 5) is 11.0. The first-order chi connectivity index (χ1) is 10.5. The summed E-state index contributed by atoms with van der Waals surface area (Å²) in [5.41, 5.74) is 0.0185. The van der Waals surface area contributed by atoms with Gasteiger partial charge in [0, 0.05) is 5.57 Å². The minimum atomic E-state index is -0.822. The molecular weight excluding hydrogens is 288 g/mol. The van der Waals surface area contributed by atoms with Crippen LogP contribution in [0.3, 0.4) is 0 Å². The van der Waals surface area contributed by atoms with Crippen LogP contribution in [0.15, 0.2) is 11.6 Å². The lowest BCUT2D eigenvalue weighted by Crippen LogP contribution is -2.59. The van der Waals surface area contributed by atoms with E-state index in [0.717, 1.165) is 38.5 Å². The number of rotatable bonds is 4. The Bertz CT molecular complexity index is 493. The summed E-state index contributed by atoms with van der Waals surface area (Å²) < 4.78 is 0. The van der Waals surface area contributed by atoms with Gasteiger partial charge in [0.2, 0.25) is 0 Å². The van der Waals surface area contributed by atoms with Gasteiger partial charge in [-0.3, -0.25) is 0 Å². The van der Waals surface area contributed by atoms with Gasteiger partial charge in [-0.25, -0.2) is 4.79 Å². The number of aliphatic hydroxyl groups is 1. The van der Waals surface area contributed by atoms with E-state index in [4.69, 9.17) is 5.11 Å². The van der Waals surface area contributed by atoms with Crippen LogP contribution in [-0.4, -0.2) is 21.8 Å². The third kappa shape index (κ3) is 3.09. The van der Waals surface area contributed by atoms with Crippen molar-refractivity contribution in [2.75, 3.05) is 0 Å². The number of fused-ring (bicyclic) bond motifs is 1. The smallest absolute Gasteiger partial charge is 0.330 e. The Kier molecular flexibility index (Phi) is 5.02. The number of aliphatic carboxylic acids is 1. The van der Waals surface area contributed by atoms with Crippen molar-refractivity contribution in [3.05, 3.63) is 11.6 Å². The van der Waals surface area contributed by atoms with Crippen LogP contribution >= 0.6 is 0 Å². The second-order valence-corrected chi connectivity index (χ2v) is 8.81. The van der Waals surface area contributed by atoms with E-state index in [0.29, 0.717) is 17.4 Å². The molecule has 23 heavy (non-hydrogen) atoms. The Hall–Kier alpha value is -0.830. The minimum Gasteiger partial charge on any atom is -0.478 e. The van der Waals surface area contributed by atoms with E-state index in [9.17, 15) is 9.90 Å². The first kappa shape index (κ1) is 18.5. The van der Waals surface area contributed by atoms with Crippen LogP contribution < -0.4 is 0 Å². The van der Waals surface area contributed by atoms with Crippen molar-refractivity contribution in [1.82, 2.24) is 0 Å². The molecule has 132 valence electrons. The van der Waals surface area contributed by atoms with Gasteiger partial charge >= 0.3 is 5.97 Å². The van der Waals surface area contributed by atoms with Crippen molar-refractivity contribution in [2.24, 2.45) is 22.7 Å². The van der Waals surface area contributed by atoms with E-state index in [-0.39, 0.29) is 10.8 Å². The number of carbonyl (C=O) groups is 1. The summed E-state index contributed by atoms with van der Waals surface area (Å²) in [6.45, 7) is 10.7. The van der Waals surface area contributed by atoms with Crippen molar-refractivity contribution in [2.45, 2.75) is 85.2 Å². The van der Waals surface area contributed by atoms with Crippen LogP contribution in [0, 0.1) is 22.7 Å². The molecule has 3 nitrogen and oxygen atoms in total. The number of carboxylic acid groups (broad SMARTS) is 1. The zero-order valence-corrected chi connectivity index (χ0v) is 15.5. The first-order valence-corrected chi connectivity index (χ1v) is 9.17. The molecule has 5 atom stereocenters. The van der Waals surface area contributed by atoms with Crippen molar-refractivity contribution in [3.8, 4) is 0 Å². The summed E-state index contributed by atoms with van der Waals surface area (Å²) in [5.74, 6) is 0.311. The zero-order valence-electron chi connectivity index (χ0n) is 15.5. The predicted molar refractivity (Wildman–Crippen MR) is 93.2 cm³/mol. The molecule has 2 saturated carbocycles. The van der Waals surface area contributed by atoms with Gasteiger partial charge in [-0.2, -0.15) is 0 Å². The second-order valence-electron chi connectivity index (χ2n) is 8.81. The van der Waals surface area contributed by atoms with Crippen LogP contribution in [-0.2, 0) is 4.79 Å². The largest absolute Gasteiger partial charge is 0.478 e. The quantitative estimate of drug-likeness (QED) is 0.732. The summed E-state index contributed by atoms with van der Waals surface area (Å²) in [6, 6.07) is 0. The van der Waals surface area contributed by atoms with Gasteiger partial charge < -0.3 is 10.2 Å². The van der Waals surface area contributed by atoms with Gasteiger partial charge in [0.15, 0.2) is 0 Å². The highest BCUT2D eigenvalue weighted by molar-refractivity contribution is 5.85. The summed E-state index contributed by atoms with van der Waals surface area (Å²) >= 11 is 0. The van der Waals surface area contributed by atoms with Gasteiger partial charge in [0.05, 0.1) is 5.60 Å². The minimum absolute atomic E-state index is 0.0158. The topological polar surface area (TPSA) is 57.5 Å². The maximum atomic E-state index is 11.0. The van der Waals surface area contributed by atoms with Gasteiger partial charge in [-0.05, 0) is 75.0 Å². The average Bonchev–Trinajstić information content (AvgIpc) is 2.45. The maximum absolute atomic E-state index is 11.0. The number of allylic oxidation sites excluding steroid dienone is 1. The second kappa shape index (κ2) is 6.23. The molecule has 2 aliphatic rings. The molecule has 0 saturated heterocycles. The molecule has 3 heteroatoms. The van der Waals surface area contributed by atoms with Crippen LogP contribution in [0.4, 0.5) is 0 Å². The third-order valence-corrected chi connectivity index (χ3v) is 7.65. The van der Waals surface area contributed by atoms with Gasteiger partial charge in [0.25, 0.3) is 0 Å². The van der Waals surface area contributed by atoms with Gasteiger partial charge in [0.1, 0.15) is 0 Å². The lowest BCUT2D eigenvalue weighted by molar-refractivity contribution is -0.192. The Morgan fingerprint density at radius 2 is 1.87 bits per heavy atom. The summed E-state index contributed by atoms with van der Waals surface area (Å²) in [5, 5.41) is 20.1. The lowest BCUT2D eigenvalue weighted by Gasteiger charge is -2.63. The number of hydrogen-bond acceptors (Lipinski definition) is 2. The monoisotopic (exact) mass is 322 g/mol. The van der Waals surface area contributed by atoms with Crippen molar-refractivity contribution >= 4 is 5.97 Å². The van der Waals surface area contributed by atoms with Crippen LogP contribution in [0.2, 0.25) is 0 Å². The van der Waals surface area contributed by atoms with Gasteiger partial charge in [-0.1, -0.05) is 33.3 Å². The highest BCUT2D eigenvalue weighted by atomic mass is 16.4. The fourth-order valence-corrected chi connectivity index (χ4v) is 5.43. The molecule has 0 radical (unpaired) electrons. The normalized spacial score (nSPS) is 44.7. The van der Waals surface area contributed by atoms with E-state index in [2.05, 4.69) is 20.8 Å². The highest BCUT2D eigenvalue weighted by Crippen LogP contribution is 2.64. The first-order valence-electron chi connectivity index (χ1n) is 9.17. The molecule has 0 aliphatic heterocycles.